The molecule has 0 aromatic heterocycles. The van der Waals surface area contributed by atoms with Gasteiger partial charge in [0.2, 0.25) is 0 Å². The molecule has 110 valence electrons. The molecule has 0 aliphatic rings. The van der Waals surface area contributed by atoms with Crippen molar-refractivity contribution in [1.82, 2.24) is 0 Å². The Morgan fingerprint density at radius 3 is 2.57 bits per heavy atom. The molecule has 2 aromatic rings. The predicted octanol–water partition coefficient (Wildman–Crippen LogP) is 4.65. The standard InChI is InChI=1S/C15H12BrClFNO2/c1-9(21-14-7-4-11(18)8-13(14)16)15(20)19-12-5-2-10(17)3-6-12/h2-9H,1H3,(H,19,20). The van der Waals surface area contributed by atoms with Crippen molar-refractivity contribution in [2.24, 2.45) is 0 Å². The highest BCUT2D eigenvalue weighted by atomic mass is 79.9. The topological polar surface area (TPSA) is 38.3 Å². The Hall–Kier alpha value is -1.59. The van der Waals surface area contributed by atoms with E-state index in [2.05, 4.69) is 21.2 Å². The summed E-state index contributed by atoms with van der Waals surface area (Å²) in [6.45, 7) is 1.61. The van der Waals surface area contributed by atoms with Gasteiger partial charge in [0.25, 0.3) is 5.91 Å². The fraction of sp³-hybridized carbons (Fsp3) is 0.133. The number of carbonyl (C=O) groups excluding carboxylic acids is 1. The molecule has 0 aliphatic carbocycles. The Kier molecular flexibility index (Phi) is 5.20. The van der Waals surface area contributed by atoms with Gasteiger partial charge in [0.05, 0.1) is 4.47 Å². The number of carbonyl (C=O) groups is 1. The van der Waals surface area contributed by atoms with E-state index < -0.39 is 6.10 Å². The van der Waals surface area contributed by atoms with Crippen LogP contribution in [0.3, 0.4) is 0 Å². The molecule has 1 amide bonds. The number of hydrogen-bond donors (Lipinski definition) is 1. The summed E-state index contributed by atoms with van der Waals surface area (Å²) in [4.78, 5) is 12.0. The van der Waals surface area contributed by atoms with Crippen LogP contribution in [0.4, 0.5) is 10.1 Å². The molecule has 1 atom stereocenters. The van der Waals surface area contributed by atoms with Crippen LogP contribution in [0, 0.1) is 5.82 Å². The zero-order chi connectivity index (χ0) is 15.4. The van der Waals surface area contributed by atoms with Gasteiger partial charge < -0.3 is 10.1 Å². The summed E-state index contributed by atoms with van der Waals surface area (Å²) in [5.74, 6) is -0.295. The normalized spacial score (nSPS) is 11.8. The summed E-state index contributed by atoms with van der Waals surface area (Å²) in [5, 5.41) is 3.30. The zero-order valence-corrected chi connectivity index (χ0v) is 13.4. The monoisotopic (exact) mass is 371 g/mol. The van der Waals surface area contributed by atoms with Crippen molar-refractivity contribution >= 4 is 39.1 Å². The van der Waals surface area contributed by atoms with Crippen LogP contribution >= 0.6 is 27.5 Å². The molecular formula is C15H12BrClFNO2. The molecule has 0 spiro atoms. The minimum Gasteiger partial charge on any atom is -0.480 e. The van der Waals surface area contributed by atoms with Gasteiger partial charge in [-0.15, -0.1) is 0 Å². The Bertz CT molecular complexity index is 649. The molecule has 1 unspecified atom stereocenters. The van der Waals surface area contributed by atoms with Crippen molar-refractivity contribution in [2.45, 2.75) is 13.0 Å². The van der Waals surface area contributed by atoms with Crippen LogP contribution in [0.2, 0.25) is 5.02 Å². The minimum atomic E-state index is -0.734. The summed E-state index contributed by atoms with van der Waals surface area (Å²) in [5.41, 5.74) is 0.623. The molecule has 0 saturated heterocycles. The minimum absolute atomic E-state index is 0.312. The van der Waals surface area contributed by atoms with Crippen molar-refractivity contribution in [2.75, 3.05) is 5.32 Å². The number of benzene rings is 2. The second-order valence-corrected chi connectivity index (χ2v) is 5.62. The molecule has 0 bridgehead atoms. The molecule has 2 aromatic carbocycles. The number of ether oxygens (including phenoxy) is 1. The Labute approximate surface area is 135 Å². The smallest absolute Gasteiger partial charge is 0.265 e. The van der Waals surface area contributed by atoms with Crippen molar-refractivity contribution in [3.8, 4) is 5.75 Å². The fourth-order valence-corrected chi connectivity index (χ4v) is 2.16. The second-order valence-electron chi connectivity index (χ2n) is 4.33. The highest BCUT2D eigenvalue weighted by Crippen LogP contribution is 2.26. The van der Waals surface area contributed by atoms with E-state index in [0.717, 1.165) is 0 Å². The summed E-state index contributed by atoms with van der Waals surface area (Å²) in [6.07, 6.45) is -0.734. The van der Waals surface area contributed by atoms with Gasteiger partial charge in [0.15, 0.2) is 6.10 Å². The molecular weight excluding hydrogens is 361 g/mol. The van der Waals surface area contributed by atoms with Crippen LogP contribution in [0.1, 0.15) is 6.92 Å². The lowest BCUT2D eigenvalue weighted by Crippen LogP contribution is -2.30. The zero-order valence-electron chi connectivity index (χ0n) is 11.1. The van der Waals surface area contributed by atoms with E-state index >= 15 is 0 Å². The van der Waals surface area contributed by atoms with E-state index in [4.69, 9.17) is 16.3 Å². The fourth-order valence-electron chi connectivity index (χ4n) is 1.59. The third-order valence-electron chi connectivity index (χ3n) is 2.68. The summed E-state index contributed by atoms with van der Waals surface area (Å²) in [6, 6.07) is 10.8. The lowest BCUT2D eigenvalue weighted by Gasteiger charge is -2.15. The average molecular weight is 373 g/mol. The maximum atomic E-state index is 13.0. The largest absolute Gasteiger partial charge is 0.480 e. The lowest BCUT2D eigenvalue weighted by atomic mass is 10.3. The van der Waals surface area contributed by atoms with E-state index in [0.29, 0.717) is 20.9 Å². The van der Waals surface area contributed by atoms with Crippen LogP contribution in [0.15, 0.2) is 46.9 Å². The van der Waals surface area contributed by atoms with Crippen molar-refractivity contribution in [3.63, 3.8) is 0 Å². The maximum absolute atomic E-state index is 13.0. The number of rotatable bonds is 4. The van der Waals surface area contributed by atoms with Gasteiger partial charge in [-0.05, 0) is 65.3 Å². The third-order valence-corrected chi connectivity index (χ3v) is 3.55. The molecule has 21 heavy (non-hydrogen) atoms. The van der Waals surface area contributed by atoms with E-state index in [1.807, 2.05) is 0 Å². The van der Waals surface area contributed by atoms with Crippen LogP contribution in [0.25, 0.3) is 0 Å². The molecule has 1 N–H and O–H groups in total. The van der Waals surface area contributed by atoms with Gasteiger partial charge in [-0.25, -0.2) is 4.39 Å². The second kappa shape index (κ2) is 6.91. The molecule has 6 heteroatoms. The van der Waals surface area contributed by atoms with E-state index in [-0.39, 0.29) is 11.7 Å². The highest BCUT2D eigenvalue weighted by Gasteiger charge is 2.16. The van der Waals surface area contributed by atoms with E-state index in [1.165, 1.54) is 18.2 Å². The highest BCUT2D eigenvalue weighted by molar-refractivity contribution is 9.10. The van der Waals surface area contributed by atoms with E-state index in [1.54, 1.807) is 31.2 Å². The number of nitrogens with one attached hydrogen (secondary N) is 1. The summed E-state index contributed by atoms with van der Waals surface area (Å²) < 4.78 is 18.9. The van der Waals surface area contributed by atoms with E-state index in [9.17, 15) is 9.18 Å². The van der Waals surface area contributed by atoms with Gasteiger partial charge in [-0.1, -0.05) is 11.6 Å². The first-order chi connectivity index (χ1) is 9.95. The van der Waals surface area contributed by atoms with Crippen LogP contribution in [-0.4, -0.2) is 12.0 Å². The van der Waals surface area contributed by atoms with Crippen molar-refractivity contribution in [1.29, 1.82) is 0 Å². The van der Waals surface area contributed by atoms with Crippen LogP contribution < -0.4 is 10.1 Å². The first kappa shape index (κ1) is 15.8. The number of amides is 1. The number of hydrogen-bond acceptors (Lipinski definition) is 2. The number of halogens is 3. The first-order valence-corrected chi connectivity index (χ1v) is 7.31. The van der Waals surface area contributed by atoms with Crippen molar-refractivity contribution in [3.05, 3.63) is 57.8 Å². The SMILES string of the molecule is CC(Oc1ccc(F)cc1Br)C(=O)Nc1ccc(Cl)cc1. The molecule has 0 saturated carbocycles. The Morgan fingerprint density at radius 2 is 1.95 bits per heavy atom. The lowest BCUT2D eigenvalue weighted by molar-refractivity contribution is -0.122. The molecule has 2 rings (SSSR count). The van der Waals surface area contributed by atoms with Gasteiger partial charge in [0, 0.05) is 10.7 Å². The van der Waals surface area contributed by atoms with Crippen LogP contribution in [-0.2, 0) is 4.79 Å². The maximum Gasteiger partial charge on any atom is 0.265 e. The number of anilines is 1. The van der Waals surface area contributed by atoms with Gasteiger partial charge >= 0.3 is 0 Å². The van der Waals surface area contributed by atoms with Crippen LogP contribution in [0.5, 0.6) is 5.75 Å². The molecule has 0 fully saturated rings. The summed E-state index contributed by atoms with van der Waals surface area (Å²) in [7, 11) is 0. The first-order valence-electron chi connectivity index (χ1n) is 6.14. The molecule has 0 radical (unpaired) electrons. The Balaban J connectivity index is 2.00. The molecule has 0 aliphatic heterocycles. The average Bonchev–Trinajstić information content (AvgIpc) is 2.44. The van der Waals surface area contributed by atoms with Gasteiger partial charge in [0.1, 0.15) is 11.6 Å². The Morgan fingerprint density at radius 1 is 1.29 bits per heavy atom. The molecule has 0 heterocycles. The predicted molar refractivity (Wildman–Crippen MR) is 84.3 cm³/mol. The quantitative estimate of drug-likeness (QED) is 0.848. The van der Waals surface area contributed by atoms with Crippen molar-refractivity contribution < 1.29 is 13.9 Å². The third kappa shape index (κ3) is 4.44. The molecule has 3 nitrogen and oxygen atoms in total. The van der Waals surface area contributed by atoms with Gasteiger partial charge in [-0.3, -0.25) is 4.79 Å². The van der Waals surface area contributed by atoms with Gasteiger partial charge in [-0.2, -0.15) is 0 Å². The summed E-state index contributed by atoms with van der Waals surface area (Å²) >= 11 is 8.96.